The number of hydrogen-bond donors (Lipinski definition) is 1. The van der Waals surface area contributed by atoms with Crippen molar-refractivity contribution in [3.05, 3.63) is 0 Å². The predicted molar refractivity (Wildman–Crippen MR) is 38.0 cm³/mol. The van der Waals surface area contributed by atoms with Crippen LogP contribution in [0.25, 0.3) is 0 Å². The predicted octanol–water partition coefficient (Wildman–Crippen LogP) is 0.258. The maximum Gasteiger partial charge on any atom is 0.0797 e. The largest absolute Gasteiger partial charge is 0.396 e. The van der Waals surface area contributed by atoms with Gasteiger partial charge in [-0.1, -0.05) is 12.2 Å². The van der Waals surface area contributed by atoms with Gasteiger partial charge in [0.25, 0.3) is 0 Å². The van der Waals surface area contributed by atoms with E-state index in [1.165, 1.54) is 0 Å². The first kappa shape index (κ1) is 7.85. The van der Waals surface area contributed by atoms with Crippen molar-refractivity contribution < 1.29 is 5.11 Å². The van der Waals surface area contributed by atoms with E-state index >= 15 is 0 Å². The van der Waals surface area contributed by atoms with Crippen molar-refractivity contribution in [2.24, 2.45) is 0 Å². The van der Waals surface area contributed by atoms with Gasteiger partial charge in [0.1, 0.15) is 0 Å². The average molecular weight is 133 g/mol. The summed E-state index contributed by atoms with van der Waals surface area (Å²) in [5, 5.41) is 8.37. The van der Waals surface area contributed by atoms with Gasteiger partial charge in [-0.25, -0.2) is 0 Å². The molecule has 3 heteroatoms. The van der Waals surface area contributed by atoms with Gasteiger partial charge in [-0.2, -0.15) is 0 Å². The molecule has 0 aliphatic carbocycles. The van der Waals surface area contributed by atoms with Crippen LogP contribution in [-0.4, -0.2) is 35.7 Å². The molecule has 8 heavy (non-hydrogen) atoms. The fraction of sp³-hybridized carbons (Fsp3) is 0.800. The van der Waals surface area contributed by atoms with Crippen molar-refractivity contribution in [3.8, 4) is 0 Å². The molecule has 2 nitrogen and oxygen atoms in total. The Morgan fingerprint density at radius 2 is 2.12 bits per heavy atom. The number of rotatable bonds is 2. The maximum absolute atomic E-state index is 8.37. The minimum Gasteiger partial charge on any atom is -0.396 e. The van der Waals surface area contributed by atoms with Crippen LogP contribution in [-0.2, 0) is 0 Å². The lowest BCUT2D eigenvalue weighted by atomic mass is 10.4. The summed E-state index contributed by atoms with van der Waals surface area (Å²) in [4.78, 5) is 2.62. The van der Waals surface area contributed by atoms with E-state index in [1.54, 1.807) is 0 Å². The van der Waals surface area contributed by atoms with Gasteiger partial charge in [0.15, 0.2) is 0 Å². The lowest BCUT2D eigenvalue weighted by Gasteiger charge is -2.11. The third-order valence-electron chi connectivity index (χ3n) is 0.824. The van der Waals surface area contributed by atoms with Gasteiger partial charge in [-0.3, -0.25) is 0 Å². The summed E-state index contributed by atoms with van der Waals surface area (Å²) >= 11 is 4.84. The van der Waals surface area contributed by atoms with Gasteiger partial charge in [0, 0.05) is 27.1 Å². The maximum atomic E-state index is 8.37. The van der Waals surface area contributed by atoms with Crippen LogP contribution in [0.1, 0.15) is 6.42 Å². The number of hydrogen-bond acceptors (Lipinski definition) is 2. The fourth-order valence-corrected chi connectivity index (χ4v) is 0.411. The van der Waals surface area contributed by atoms with Crippen LogP contribution < -0.4 is 0 Å². The standard InChI is InChI=1S/C5H11NOS/c1-6(2)5(8)3-4-7/h7H,3-4H2,1-2H3. The first-order valence-corrected chi connectivity index (χ1v) is 2.90. The zero-order valence-corrected chi connectivity index (χ0v) is 6.03. The van der Waals surface area contributed by atoms with Crippen LogP contribution in [0.2, 0.25) is 0 Å². The second kappa shape index (κ2) is 3.80. The highest BCUT2D eigenvalue weighted by atomic mass is 32.1. The molecule has 0 aromatic heterocycles. The SMILES string of the molecule is CN(C)C(=S)CCO. The summed E-state index contributed by atoms with van der Waals surface area (Å²) in [6, 6.07) is 0. The van der Waals surface area contributed by atoms with Crippen LogP contribution in [0, 0.1) is 0 Å². The Labute approximate surface area is 55.1 Å². The molecule has 0 aromatic carbocycles. The van der Waals surface area contributed by atoms with Crippen molar-refractivity contribution >= 4 is 17.2 Å². The smallest absolute Gasteiger partial charge is 0.0797 e. The van der Waals surface area contributed by atoms with Crippen LogP contribution in [0.15, 0.2) is 0 Å². The summed E-state index contributed by atoms with van der Waals surface area (Å²) in [6.07, 6.45) is 0.600. The van der Waals surface area contributed by atoms with E-state index in [0.717, 1.165) is 4.99 Å². The second-order valence-corrected chi connectivity index (χ2v) is 2.23. The van der Waals surface area contributed by atoms with E-state index in [0.29, 0.717) is 6.42 Å². The third kappa shape index (κ3) is 2.93. The zero-order valence-electron chi connectivity index (χ0n) is 5.22. The Balaban J connectivity index is 3.33. The fourth-order valence-electron chi connectivity index (χ4n) is 0.319. The van der Waals surface area contributed by atoms with Crippen molar-refractivity contribution in [3.63, 3.8) is 0 Å². The number of thiocarbonyl (C=S) groups is 1. The molecule has 1 N–H and O–H groups in total. The normalized spacial score (nSPS) is 8.88. The van der Waals surface area contributed by atoms with Crippen LogP contribution in [0.5, 0.6) is 0 Å². The first-order chi connectivity index (χ1) is 3.68. The van der Waals surface area contributed by atoms with Gasteiger partial charge in [0.2, 0.25) is 0 Å². The van der Waals surface area contributed by atoms with Crippen molar-refractivity contribution in [1.29, 1.82) is 0 Å². The molecule has 0 fully saturated rings. The van der Waals surface area contributed by atoms with E-state index in [1.807, 2.05) is 19.0 Å². The van der Waals surface area contributed by atoms with E-state index in [-0.39, 0.29) is 6.61 Å². The number of aliphatic hydroxyl groups is 1. The molecular formula is C5H11NOS. The van der Waals surface area contributed by atoms with Crippen LogP contribution in [0.4, 0.5) is 0 Å². The highest BCUT2D eigenvalue weighted by Crippen LogP contribution is 1.87. The summed E-state index contributed by atoms with van der Waals surface area (Å²) in [5.41, 5.74) is 0. The molecule has 0 atom stereocenters. The van der Waals surface area contributed by atoms with Gasteiger partial charge < -0.3 is 10.0 Å². The minimum atomic E-state index is 0.150. The monoisotopic (exact) mass is 133 g/mol. The lowest BCUT2D eigenvalue weighted by molar-refractivity contribution is 0.304. The Kier molecular flexibility index (Phi) is 3.73. The van der Waals surface area contributed by atoms with Crippen molar-refractivity contribution in [2.45, 2.75) is 6.42 Å². The molecule has 0 unspecified atom stereocenters. The topological polar surface area (TPSA) is 23.5 Å². The Bertz CT molecular complexity index is 82.5. The van der Waals surface area contributed by atoms with E-state index < -0.39 is 0 Å². The summed E-state index contributed by atoms with van der Waals surface area (Å²) in [6.45, 7) is 0.150. The molecule has 0 heterocycles. The Hall–Kier alpha value is -0.150. The lowest BCUT2D eigenvalue weighted by Crippen LogP contribution is -2.20. The molecule has 0 spiro atoms. The minimum absolute atomic E-state index is 0.150. The molecule has 0 aliphatic rings. The highest BCUT2D eigenvalue weighted by Gasteiger charge is 1.94. The molecule has 48 valence electrons. The molecular weight excluding hydrogens is 122 g/mol. The van der Waals surface area contributed by atoms with E-state index in [2.05, 4.69) is 0 Å². The molecule has 0 amide bonds. The molecule has 0 aromatic rings. The average Bonchev–Trinajstić information content (AvgIpc) is 1.67. The molecule has 0 aliphatic heterocycles. The van der Waals surface area contributed by atoms with E-state index in [4.69, 9.17) is 17.3 Å². The van der Waals surface area contributed by atoms with Crippen LogP contribution >= 0.6 is 12.2 Å². The van der Waals surface area contributed by atoms with Gasteiger partial charge >= 0.3 is 0 Å². The van der Waals surface area contributed by atoms with Gasteiger partial charge in [-0.05, 0) is 0 Å². The number of nitrogens with zero attached hydrogens (tertiary/aromatic N) is 1. The summed E-state index contributed by atoms with van der Waals surface area (Å²) < 4.78 is 0. The van der Waals surface area contributed by atoms with Gasteiger partial charge in [0.05, 0.1) is 4.99 Å². The third-order valence-corrected chi connectivity index (χ3v) is 1.39. The van der Waals surface area contributed by atoms with Crippen molar-refractivity contribution in [2.75, 3.05) is 20.7 Å². The summed E-state index contributed by atoms with van der Waals surface area (Å²) in [5.74, 6) is 0. The molecule has 0 saturated heterocycles. The molecule has 0 rings (SSSR count). The quantitative estimate of drug-likeness (QED) is 0.546. The molecule has 0 bridgehead atoms. The Morgan fingerprint density at radius 1 is 1.62 bits per heavy atom. The second-order valence-electron chi connectivity index (χ2n) is 1.76. The molecule has 0 saturated carbocycles. The van der Waals surface area contributed by atoms with Crippen molar-refractivity contribution in [1.82, 2.24) is 4.90 Å². The zero-order chi connectivity index (χ0) is 6.57. The van der Waals surface area contributed by atoms with E-state index in [9.17, 15) is 0 Å². The Morgan fingerprint density at radius 3 is 2.25 bits per heavy atom. The number of aliphatic hydroxyl groups excluding tert-OH is 1. The highest BCUT2D eigenvalue weighted by molar-refractivity contribution is 7.80. The van der Waals surface area contributed by atoms with Crippen LogP contribution in [0.3, 0.4) is 0 Å². The molecule has 0 radical (unpaired) electrons. The first-order valence-electron chi connectivity index (χ1n) is 2.49. The van der Waals surface area contributed by atoms with Gasteiger partial charge in [-0.15, -0.1) is 0 Å². The summed E-state index contributed by atoms with van der Waals surface area (Å²) in [7, 11) is 3.75.